The molecule has 0 bridgehead atoms. The maximum Gasteiger partial charge on any atom is 0.272 e. The minimum atomic E-state index is -2.46. The van der Waals surface area contributed by atoms with Gasteiger partial charge in [0.05, 0.1) is 0 Å². The summed E-state index contributed by atoms with van der Waals surface area (Å²) in [6, 6.07) is 12.7. The van der Waals surface area contributed by atoms with Crippen LogP contribution in [-0.2, 0) is 6.42 Å². The van der Waals surface area contributed by atoms with E-state index in [-0.39, 0.29) is 0 Å². The molecule has 0 saturated heterocycles. The number of rotatable bonds is 5. The van der Waals surface area contributed by atoms with Crippen LogP contribution in [0.3, 0.4) is 0 Å². The predicted octanol–water partition coefficient (Wildman–Crippen LogP) is 5.34. The number of ether oxygens (including phenoxy) is 1. The van der Waals surface area contributed by atoms with Gasteiger partial charge in [-0.05, 0) is 47.9 Å². The molecule has 0 aliphatic rings. The van der Waals surface area contributed by atoms with E-state index in [0.717, 1.165) is 15.6 Å². The van der Waals surface area contributed by atoms with Crippen LogP contribution in [0.2, 0.25) is 5.02 Å². The van der Waals surface area contributed by atoms with Gasteiger partial charge in [0.25, 0.3) is 6.43 Å². The zero-order valence-corrected chi connectivity index (χ0v) is 12.8. The molecule has 0 fully saturated rings. The van der Waals surface area contributed by atoms with Crippen molar-refractivity contribution in [3.8, 4) is 5.75 Å². The number of alkyl halides is 2. The van der Waals surface area contributed by atoms with Crippen LogP contribution in [-0.4, -0.2) is 13.0 Å². The molecule has 0 heterocycles. The molecule has 2 rings (SSSR count). The van der Waals surface area contributed by atoms with Crippen LogP contribution in [0.5, 0.6) is 5.75 Å². The van der Waals surface area contributed by atoms with Gasteiger partial charge in [0.15, 0.2) is 0 Å². The Bertz CT molecular complexity index is 573. The maximum atomic E-state index is 12.0. The van der Waals surface area contributed by atoms with Crippen molar-refractivity contribution in [1.29, 1.82) is 0 Å². The van der Waals surface area contributed by atoms with Gasteiger partial charge in [-0.1, -0.05) is 39.7 Å². The van der Waals surface area contributed by atoms with Crippen molar-refractivity contribution in [3.63, 3.8) is 0 Å². The second-order valence-electron chi connectivity index (χ2n) is 4.26. The Labute approximate surface area is 129 Å². The quantitative estimate of drug-likeness (QED) is 0.699. The van der Waals surface area contributed by atoms with Crippen molar-refractivity contribution in [3.05, 3.63) is 63.1 Å². The molecule has 0 spiro atoms. The van der Waals surface area contributed by atoms with Crippen LogP contribution >= 0.6 is 27.5 Å². The summed E-state index contributed by atoms with van der Waals surface area (Å²) in [4.78, 5) is 0. The summed E-state index contributed by atoms with van der Waals surface area (Å²) in [6.45, 7) is -0.587. The molecule has 106 valence electrons. The summed E-state index contributed by atoms with van der Waals surface area (Å²) < 4.78 is 29.9. The normalized spacial score (nSPS) is 10.8. The van der Waals surface area contributed by atoms with Gasteiger partial charge in [0.1, 0.15) is 12.4 Å². The SMILES string of the molecule is FC(F)COc1ccc(Cc2cc(Br)ccc2Cl)cc1. The van der Waals surface area contributed by atoms with Gasteiger partial charge in [0, 0.05) is 9.50 Å². The third-order valence-corrected chi connectivity index (χ3v) is 3.56. The summed E-state index contributed by atoms with van der Waals surface area (Å²) in [5, 5.41) is 0.700. The summed E-state index contributed by atoms with van der Waals surface area (Å²) in [5.41, 5.74) is 2.04. The Morgan fingerprint density at radius 2 is 1.80 bits per heavy atom. The van der Waals surface area contributed by atoms with Crippen LogP contribution < -0.4 is 4.74 Å². The lowest BCUT2D eigenvalue weighted by molar-refractivity contribution is 0.0819. The molecule has 0 saturated carbocycles. The van der Waals surface area contributed by atoms with Crippen LogP contribution in [0, 0.1) is 0 Å². The molecule has 5 heteroatoms. The highest BCUT2D eigenvalue weighted by Gasteiger charge is 2.05. The lowest BCUT2D eigenvalue weighted by atomic mass is 10.1. The highest BCUT2D eigenvalue weighted by molar-refractivity contribution is 9.10. The van der Waals surface area contributed by atoms with Crippen molar-refractivity contribution in [1.82, 2.24) is 0 Å². The molecule has 0 aliphatic carbocycles. The highest BCUT2D eigenvalue weighted by atomic mass is 79.9. The van der Waals surface area contributed by atoms with Gasteiger partial charge >= 0.3 is 0 Å². The van der Waals surface area contributed by atoms with E-state index in [2.05, 4.69) is 15.9 Å². The fourth-order valence-corrected chi connectivity index (χ4v) is 2.35. The standard InChI is InChI=1S/C15H12BrClF2O/c16-12-3-6-14(17)11(8-12)7-10-1-4-13(5-2-10)20-9-15(18)19/h1-6,8,15H,7,9H2. The molecule has 0 amide bonds. The smallest absolute Gasteiger partial charge is 0.272 e. The molecular formula is C15H12BrClF2O. The first kappa shape index (κ1) is 15.3. The lowest BCUT2D eigenvalue weighted by Crippen LogP contribution is -2.06. The molecular weight excluding hydrogens is 350 g/mol. The van der Waals surface area contributed by atoms with E-state index in [9.17, 15) is 8.78 Å². The molecule has 0 radical (unpaired) electrons. The van der Waals surface area contributed by atoms with Crippen molar-refractivity contribution < 1.29 is 13.5 Å². The van der Waals surface area contributed by atoms with Gasteiger partial charge in [-0.15, -0.1) is 0 Å². The fraction of sp³-hybridized carbons (Fsp3) is 0.200. The van der Waals surface area contributed by atoms with Crippen molar-refractivity contribution in [2.24, 2.45) is 0 Å². The zero-order valence-electron chi connectivity index (χ0n) is 10.5. The van der Waals surface area contributed by atoms with Gasteiger partial charge < -0.3 is 4.74 Å². The van der Waals surface area contributed by atoms with Crippen LogP contribution in [0.1, 0.15) is 11.1 Å². The zero-order chi connectivity index (χ0) is 14.5. The van der Waals surface area contributed by atoms with E-state index >= 15 is 0 Å². The monoisotopic (exact) mass is 360 g/mol. The molecule has 20 heavy (non-hydrogen) atoms. The third-order valence-electron chi connectivity index (χ3n) is 2.70. The first-order valence-corrected chi connectivity index (χ1v) is 7.15. The fourth-order valence-electron chi connectivity index (χ4n) is 1.76. The number of hydrogen-bond acceptors (Lipinski definition) is 1. The Kier molecular flexibility index (Phi) is 5.38. The average molecular weight is 362 g/mol. The first-order valence-electron chi connectivity index (χ1n) is 5.98. The lowest BCUT2D eigenvalue weighted by Gasteiger charge is -2.08. The van der Waals surface area contributed by atoms with E-state index in [4.69, 9.17) is 16.3 Å². The van der Waals surface area contributed by atoms with Crippen molar-refractivity contribution >= 4 is 27.5 Å². The van der Waals surface area contributed by atoms with Gasteiger partial charge in [-0.25, -0.2) is 8.78 Å². The third kappa shape index (κ3) is 4.46. The maximum absolute atomic E-state index is 12.0. The number of halogens is 4. The minimum absolute atomic E-state index is 0.439. The number of benzene rings is 2. The first-order chi connectivity index (χ1) is 9.54. The van der Waals surface area contributed by atoms with Gasteiger partial charge in [-0.2, -0.15) is 0 Å². The molecule has 1 nitrogen and oxygen atoms in total. The predicted molar refractivity (Wildman–Crippen MR) is 79.9 cm³/mol. The van der Waals surface area contributed by atoms with Crippen LogP contribution in [0.25, 0.3) is 0 Å². The summed E-state index contributed by atoms with van der Waals surface area (Å²) in [6.07, 6.45) is -1.79. The second-order valence-corrected chi connectivity index (χ2v) is 5.58. The average Bonchev–Trinajstić information content (AvgIpc) is 2.42. The Balaban J connectivity index is 2.05. The van der Waals surface area contributed by atoms with Crippen molar-refractivity contribution in [2.45, 2.75) is 12.8 Å². The Morgan fingerprint density at radius 3 is 2.45 bits per heavy atom. The van der Waals surface area contributed by atoms with E-state index in [1.807, 2.05) is 30.3 Å². The molecule has 0 aromatic heterocycles. The minimum Gasteiger partial charge on any atom is -0.488 e. The van der Waals surface area contributed by atoms with Crippen LogP contribution in [0.15, 0.2) is 46.9 Å². The Hall–Kier alpha value is -1.13. The van der Waals surface area contributed by atoms with E-state index in [1.165, 1.54) is 0 Å². The molecule has 2 aromatic rings. The largest absolute Gasteiger partial charge is 0.488 e. The Morgan fingerprint density at radius 1 is 1.10 bits per heavy atom. The summed E-state index contributed by atoms with van der Waals surface area (Å²) in [5.74, 6) is 0.439. The number of hydrogen-bond donors (Lipinski definition) is 0. The molecule has 0 atom stereocenters. The van der Waals surface area contributed by atoms with Crippen molar-refractivity contribution in [2.75, 3.05) is 6.61 Å². The summed E-state index contributed by atoms with van der Waals surface area (Å²) >= 11 is 9.54. The molecule has 0 N–H and O–H groups in total. The van der Waals surface area contributed by atoms with Crippen LogP contribution in [0.4, 0.5) is 8.78 Å². The molecule has 2 aromatic carbocycles. The van der Waals surface area contributed by atoms with E-state index in [1.54, 1.807) is 12.1 Å². The van der Waals surface area contributed by atoms with E-state index in [0.29, 0.717) is 17.2 Å². The molecule has 0 aliphatic heterocycles. The van der Waals surface area contributed by atoms with Gasteiger partial charge in [0.2, 0.25) is 0 Å². The topological polar surface area (TPSA) is 9.23 Å². The van der Waals surface area contributed by atoms with E-state index < -0.39 is 13.0 Å². The summed E-state index contributed by atoms with van der Waals surface area (Å²) in [7, 11) is 0. The second kappa shape index (κ2) is 7.04. The van der Waals surface area contributed by atoms with Gasteiger partial charge in [-0.3, -0.25) is 0 Å². The highest BCUT2D eigenvalue weighted by Crippen LogP contribution is 2.24. The molecule has 0 unspecified atom stereocenters.